The first kappa shape index (κ1) is 10.6. The van der Waals surface area contributed by atoms with E-state index in [1.807, 2.05) is 25.3 Å². The normalized spacial score (nSPS) is 7.92. The lowest BCUT2D eigenvalue weighted by molar-refractivity contribution is -0.137. The second-order valence-electron chi connectivity index (χ2n) is 2.23. The molecule has 0 N–H and O–H groups in total. The van der Waals surface area contributed by atoms with E-state index in [0.717, 1.165) is 0 Å². The molecule has 0 saturated heterocycles. The second kappa shape index (κ2) is 6.34. The summed E-state index contributed by atoms with van der Waals surface area (Å²) in [4.78, 5) is 13.5. The number of pyridine rings is 1. The summed E-state index contributed by atoms with van der Waals surface area (Å²) in [7, 11) is 1.35. The Morgan fingerprint density at radius 3 is 2.33 bits per heavy atom. The van der Waals surface area contributed by atoms with Crippen LogP contribution >= 0.6 is 0 Å². The van der Waals surface area contributed by atoms with E-state index in [-0.39, 0.29) is 5.97 Å². The number of rotatable bonds is 0. The number of nitrogens with zero attached hydrogens (tertiary/aromatic N) is 1. The standard InChI is InChI=1S/C6H7N.C3H6O2/c1-6-3-2-4-7-5-6;1-3(4)5-2/h2-5H,1H3;1-2H3. The summed E-state index contributed by atoms with van der Waals surface area (Å²) in [6, 6.07) is 3.95. The summed E-state index contributed by atoms with van der Waals surface area (Å²) < 4.78 is 4.11. The maximum absolute atomic E-state index is 9.59. The van der Waals surface area contributed by atoms with Gasteiger partial charge in [-0.15, -0.1) is 0 Å². The molecule has 0 aliphatic carbocycles. The highest BCUT2D eigenvalue weighted by Gasteiger charge is 1.75. The van der Waals surface area contributed by atoms with Crippen molar-refractivity contribution >= 4 is 5.97 Å². The highest BCUT2D eigenvalue weighted by atomic mass is 16.5. The third kappa shape index (κ3) is 6.74. The van der Waals surface area contributed by atoms with Crippen molar-refractivity contribution in [1.29, 1.82) is 0 Å². The molecule has 0 unspecified atom stereocenters. The van der Waals surface area contributed by atoms with Gasteiger partial charge in [0.05, 0.1) is 7.11 Å². The van der Waals surface area contributed by atoms with Crippen LogP contribution in [0.25, 0.3) is 0 Å². The third-order valence-corrected chi connectivity index (χ3v) is 1.10. The zero-order valence-corrected chi connectivity index (χ0v) is 7.57. The first-order valence-electron chi connectivity index (χ1n) is 3.58. The molecule has 0 aliphatic heterocycles. The van der Waals surface area contributed by atoms with Gasteiger partial charge in [-0.3, -0.25) is 9.78 Å². The fourth-order valence-corrected chi connectivity index (χ4v) is 0.448. The molecule has 0 aromatic carbocycles. The summed E-state index contributed by atoms with van der Waals surface area (Å²) in [6.07, 6.45) is 3.60. The molecule has 0 bridgehead atoms. The molecule has 1 heterocycles. The average molecular weight is 167 g/mol. The van der Waals surface area contributed by atoms with Crippen molar-refractivity contribution in [2.75, 3.05) is 7.11 Å². The molecule has 3 nitrogen and oxygen atoms in total. The van der Waals surface area contributed by atoms with Gasteiger partial charge < -0.3 is 4.74 Å². The van der Waals surface area contributed by atoms with E-state index in [0.29, 0.717) is 0 Å². The Morgan fingerprint density at radius 1 is 1.58 bits per heavy atom. The van der Waals surface area contributed by atoms with Crippen molar-refractivity contribution in [3.8, 4) is 0 Å². The number of aromatic nitrogens is 1. The number of carbonyl (C=O) groups is 1. The van der Waals surface area contributed by atoms with Gasteiger partial charge >= 0.3 is 5.97 Å². The quantitative estimate of drug-likeness (QED) is 0.550. The topological polar surface area (TPSA) is 39.2 Å². The lowest BCUT2D eigenvalue weighted by Gasteiger charge is -1.82. The van der Waals surface area contributed by atoms with Crippen molar-refractivity contribution in [2.24, 2.45) is 0 Å². The molecule has 0 fully saturated rings. The Bertz CT molecular complexity index is 221. The van der Waals surface area contributed by atoms with Gasteiger partial charge in [-0.25, -0.2) is 0 Å². The van der Waals surface area contributed by atoms with E-state index < -0.39 is 0 Å². The zero-order valence-electron chi connectivity index (χ0n) is 7.57. The van der Waals surface area contributed by atoms with Gasteiger partial charge in [-0.05, 0) is 18.6 Å². The predicted octanol–water partition coefficient (Wildman–Crippen LogP) is 1.57. The lowest BCUT2D eigenvalue weighted by Crippen LogP contribution is -1.88. The van der Waals surface area contributed by atoms with Crippen LogP contribution in [0.2, 0.25) is 0 Å². The largest absolute Gasteiger partial charge is 0.469 e. The molecule has 0 aliphatic rings. The van der Waals surface area contributed by atoms with E-state index in [1.165, 1.54) is 19.6 Å². The molecule has 1 aromatic rings. The predicted molar refractivity (Wildman–Crippen MR) is 46.7 cm³/mol. The molecule has 0 amide bonds. The van der Waals surface area contributed by atoms with Crippen LogP contribution in [0.4, 0.5) is 0 Å². The van der Waals surface area contributed by atoms with Crippen molar-refractivity contribution in [1.82, 2.24) is 4.98 Å². The molecule has 0 saturated carbocycles. The third-order valence-electron chi connectivity index (χ3n) is 1.10. The molecular weight excluding hydrogens is 154 g/mol. The van der Waals surface area contributed by atoms with Crippen LogP contribution in [0.3, 0.4) is 0 Å². The van der Waals surface area contributed by atoms with Crippen LogP contribution in [-0.2, 0) is 9.53 Å². The van der Waals surface area contributed by atoms with E-state index >= 15 is 0 Å². The highest BCUT2D eigenvalue weighted by molar-refractivity contribution is 5.65. The van der Waals surface area contributed by atoms with E-state index in [2.05, 4.69) is 9.72 Å². The van der Waals surface area contributed by atoms with Crippen LogP contribution in [0, 0.1) is 6.92 Å². The first-order chi connectivity index (χ1) is 5.66. The molecule has 0 spiro atoms. The van der Waals surface area contributed by atoms with Crippen molar-refractivity contribution in [3.05, 3.63) is 30.1 Å². The van der Waals surface area contributed by atoms with Crippen molar-refractivity contribution in [3.63, 3.8) is 0 Å². The highest BCUT2D eigenvalue weighted by Crippen LogP contribution is 1.88. The number of methoxy groups -OCH3 is 1. The van der Waals surface area contributed by atoms with Gasteiger partial charge in [-0.1, -0.05) is 6.07 Å². The average Bonchev–Trinajstić information content (AvgIpc) is 2.07. The van der Waals surface area contributed by atoms with Crippen molar-refractivity contribution in [2.45, 2.75) is 13.8 Å². The minimum Gasteiger partial charge on any atom is -0.469 e. The van der Waals surface area contributed by atoms with Crippen LogP contribution in [-0.4, -0.2) is 18.1 Å². The summed E-state index contributed by atoms with van der Waals surface area (Å²) >= 11 is 0. The van der Waals surface area contributed by atoms with E-state index in [1.54, 1.807) is 6.20 Å². The maximum Gasteiger partial charge on any atom is 0.302 e. The summed E-state index contributed by atoms with van der Waals surface area (Å²) in [5.41, 5.74) is 1.21. The number of carbonyl (C=O) groups excluding carboxylic acids is 1. The molecular formula is C9H13NO2. The summed E-state index contributed by atoms with van der Waals surface area (Å²) in [5, 5.41) is 0. The minimum absolute atomic E-state index is 0.245. The molecule has 1 rings (SSSR count). The Hall–Kier alpha value is -1.38. The minimum atomic E-state index is -0.245. The number of ether oxygens (including phenoxy) is 1. The molecule has 66 valence electrons. The van der Waals surface area contributed by atoms with Crippen LogP contribution < -0.4 is 0 Å². The Labute approximate surface area is 72.4 Å². The summed E-state index contributed by atoms with van der Waals surface area (Å²) in [5.74, 6) is -0.245. The molecule has 1 aromatic heterocycles. The maximum atomic E-state index is 9.59. The number of aryl methyl sites for hydroxylation is 1. The fraction of sp³-hybridized carbons (Fsp3) is 0.333. The molecule has 0 atom stereocenters. The first-order valence-corrected chi connectivity index (χ1v) is 3.58. The second-order valence-corrected chi connectivity index (χ2v) is 2.23. The van der Waals surface area contributed by atoms with Gasteiger partial charge in [0, 0.05) is 19.3 Å². The van der Waals surface area contributed by atoms with E-state index in [4.69, 9.17) is 0 Å². The molecule has 0 radical (unpaired) electrons. The van der Waals surface area contributed by atoms with Crippen LogP contribution in [0.15, 0.2) is 24.5 Å². The number of hydrogen-bond donors (Lipinski definition) is 0. The van der Waals surface area contributed by atoms with Crippen LogP contribution in [0.1, 0.15) is 12.5 Å². The summed E-state index contributed by atoms with van der Waals surface area (Å²) in [6.45, 7) is 3.38. The van der Waals surface area contributed by atoms with Gasteiger partial charge in [0.2, 0.25) is 0 Å². The van der Waals surface area contributed by atoms with Gasteiger partial charge in [0.1, 0.15) is 0 Å². The van der Waals surface area contributed by atoms with Gasteiger partial charge in [0.15, 0.2) is 0 Å². The number of esters is 1. The SMILES string of the molecule is COC(C)=O.Cc1cccnc1. The Kier molecular flexibility index (Phi) is 5.61. The van der Waals surface area contributed by atoms with E-state index in [9.17, 15) is 4.79 Å². The van der Waals surface area contributed by atoms with Crippen molar-refractivity contribution < 1.29 is 9.53 Å². The smallest absolute Gasteiger partial charge is 0.302 e. The monoisotopic (exact) mass is 167 g/mol. The van der Waals surface area contributed by atoms with Crippen LogP contribution in [0.5, 0.6) is 0 Å². The van der Waals surface area contributed by atoms with Gasteiger partial charge in [0.25, 0.3) is 0 Å². The van der Waals surface area contributed by atoms with Gasteiger partial charge in [-0.2, -0.15) is 0 Å². The Morgan fingerprint density at radius 2 is 2.17 bits per heavy atom. The number of hydrogen-bond acceptors (Lipinski definition) is 3. The fourth-order valence-electron chi connectivity index (χ4n) is 0.448. The Balaban J connectivity index is 0.000000217. The molecule has 12 heavy (non-hydrogen) atoms. The molecule has 3 heteroatoms. The lowest BCUT2D eigenvalue weighted by atomic mass is 10.3. The zero-order chi connectivity index (χ0) is 9.40.